The molecule has 3 heterocycles. The number of rotatable bonds is 5. The average molecular weight is 414 g/mol. The number of nitrogens with zero attached hydrogens (tertiary/aromatic N) is 4. The van der Waals surface area contributed by atoms with Crippen molar-refractivity contribution in [3.63, 3.8) is 0 Å². The summed E-state index contributed by atoms with van der Waals surface area (Å²) in [6.07, 6.45) is 5.07. The van der Waals surface area contributed by atoms with Crippen LogP contribution in [0.2, 0.25) is 0 Å². The van der Waals surface area contributed by atoms with Crippen LogP contribution in [0, 0.1) is 6.92 Å². The third kappa shape index (κ3) is 3.88. The van der Waals surface area contributed by atoms with Crippen molar-refractivity contribution in [1.82, 2.24) is 19.5 Å². The molecule has 0 spiro atoms. The van der Waals surface area contributed by atoms with E-state index in [0.29, 0.717) is 28.6 Å². The number of fused-ring (bicyclic) bond motifs is 1. The number of nitrogens with one attached hydrogen (secondary N) is 2. The summed E-state index contributed by atoms with van der Waals surface area (Å²) in [6.45, 7) is 2.08. The van der Waals surface area contributed by atoms with E-state index >= 15 is 0 Å². The fourth-order valence-electron chi connectivity index (χ4n) is 3.19. The predicted octanol–water partition coefficient (Wildman–Crippen LogP) is 3.70. The first-order chi connectivity index (χ1) is 15.2. The standard InChI is InChI=1S/C22H18N6O3/c1-14-23-8-9-28(14)21-11-20(24-12-25-21)26-16-3-5-17(6-4-16)27-22(29)15-2-7-18-19(10-15)31-13-30-18/h2-12H,13H2,1H3,(H,27,29)(H,24,25,26). The number of ether oxygens (including phenoxy) is 2. The number of benzene rings is 2. The van der Waals surface area contributed by atoms with Crippen molar-refractivity contribution in [2.24, 2.45) is 0 Å². The summed E-state index contributed by atoms with van der Waals surface area (Å²) in [5, 5.41) is 6.11. The number of imidazole rings is 1. The van der Waals surface area contributed by atoms with Crippen LogP contribution in [0.4, 0.5) is 17.2 Å². The number of aromatic nitrogens is 4. The number of aryl methyl sites for hydroxylation is 1. The molecule has 1 amide bonds. The van der Waals surface area contributed by atoms with E-state index in [1.807, 2.05) is 48.0 Å². The number of anilines is 3. The van der Waals surface area contributed by atoms with Crippen LogP contribution in [0.5, 0.6) is 11.5 Å². The first-order valence-electron chi connectivity index (χ1n) is 9.56. The van der Waals surface area contributed by atoms with Crippen LogP contribution in [0.15, 0.2) is 67.3 Å². The molecule has 0 saturated carbocycles. The fourth-order valence-corrected chi connectivity index (χ4v) is 3.19. The fraction of sp³-hybridized carbons (Fsp3) is 0.0909. The van der Waals surface area contributed by atoms with Gasteiger partial charge < -0.3 is 20.1 Å². The molecule has 0 saturated heterocycles. The second-order valence-electron chi connectivity index (χ2n) is 6.83. The van der Waals surface area contributed by atoms with E-state index in [0.717, 1.165) is 17.3 Å². The van der Waals surface area contributed by atoms with Crippen LogP contribution in [-0.4, -0.2) is 32.2 Å². The maximum Gasteiger partial charge on any atom is 0.255 e. The zero-order valence-corrected chi connectivity index (χ0v) is 16.6. The van der Waals surface area contributed by atoms with Gasteiger partial charge in [-0.3, -0.25) is 9.36 Å². The minimum Gasteiger partial charge on any atom is -0.454 e. The van der Waals surface area contributed by atoms with E-state index in [4.69, 9.17) is 9.47 Å². The normalized spacial score (nSPS) is 11.9. The molecule has 0 atom stereocenters. The van der Waals surface area contributed by atoms with E-state index in [1.165, 1.54) is 6.33 Å². The zero-order chi connectivity index (χ0) is 21.2. The molecule has 9 heteroatoms. The maximum atomic E-state index is 12.5. The minimum absolute atomic E-state index is 0.171. The molecule has 0 unspecified atom stereocenters. The van der Waals surface area contributed by atoms with Crippen molar-refractivity contribution in [2.45, 2.75) is 6.92 Å². The van der Waals surface area contributed by atoms with Crippen molar-refractivity contribution in [3.8, 4) is 17.3 Å². The first-order valence-corrected chi connectivity index (χ1v) is 9.56. The highest BCUT2D eigenvalue weighted by atomic mass is 16.7. The molecule has 5 rings (SSSR count). The summed E-state index contributed by atoms with van der Waals surface area (Å²) in [6, 6.07) is 14.3. The Labute approximate surface area is 177 Å². The average Bonchev–Trinajstić information content (AvgIpc) is 3.43. The molecule has 0 fully saturated rings. The molecule has 1 aliphatic rings. The molecule has 0 radical (unpaired) electrons. The lowest BCUT2D eigenvalue weighted by atomic mass is 10.2. The van der Waals surface area contributed by atoms with Crippen LogP contribution < -0.4 is 20.1 Å². The molecular formula is C22H18N6O3. The Kier molecular flexibility index (Phi) is 4.68. The molecule has 154 valence electrons. The van der Waals surface area contributed by atoms with Crippen molar-refractivity contribution in [2.75, 3.05) is 17.4 Å². The Hall–Kier alpha value is -4.40. The van der Waals surface area contributed by atoms with Gasteiger partial charge in [0.05, 0.1) is 0 Å². The van der Waals surface area contributed by atoms with Crippen LogP contribution in [0.1, 0.15) is 16.2 Å². The molecule has 4 aromatic rings. The molecule has 9 nitrogen and oxygen atoms in total. The maximum absolute atomic E-state index is 12.5. The second kappa shape index (κ2) is 7.79. The summed E-state index contributed by atoms with van der Waals surface area (Å²) in [5.74, 6) is 3.20. The van der Waals surface area contributed by atoms with E-state index in [9.17, 15) is 4.79 Å². The molecule has 2 N–H and O–H groups in total. The highest BCUT2D eigenvalue weighted by Gasteiger charge is 2.16. The SMILES string of the molecule is Cc1nccn1-c1cc(Nc2ccc(NC(=O)c3ccc4c(c3)OCO4)cc2)ncn1. The first kappa shape index (κ1) is 18.6. The Bertz CT molecular complexity index is 1250. The summed E-state index contributed by atoms with van der Waals surface area (Å²) in [5.41, 5.74) is 1.99. The molecule has 0 aliphatic carbocycles. The summed E-state index contributed by atoms with van der Waals surface area (Å²) >= 11 is 0. The number of carbonyl (C=O) groups excluding carboxylic acids is 1. The van der Waals surface area contributed by atoms with Crippen LogP contribution >= 0.6 is 0 Å². The summed E-state index contributed by atoms with van der Waals surface area (Å²) < 4.78 is 12.5. The third-order valence-corrected chi connectivity index (χ3v) is 4.78. The largest absolute Gasteiger partial charge is 0.454 e. The topological polar surface area (TPSA) is 103 Å². The Morgan fingerprint density at radius 1 is 0.968 bits per heavy atom. The Morgan fingerprint density at radius 2 is 1.77 bits per heavy atom. The van der Waals surface area contributed by atoms with Crippen LogP contribution in [-0.2, 0) is 0 Å². The highest BCUT2D eigenvalue weighted by molar-refractivity contribution is 6.04. The van der Waals surface area contributed by atoms with Gasteiger partial charge in [0, 0.05) is 35.4 Å². The van der Waals surface area contributed by atoms with Gasteiger partial charge in [0.1, 0.15) is 23.8 Å². The van der Waals surface area contributed by atoms with E-state index < -0.39 is 0 Å². The predicted molar refractivity (Wildman–Crippen MR) is 114 cm³/mol. The molecule has 2 aromatic carbocycles. The van der Waals surface area contributed by atoms with Crippen molar-refractivity contribution in [1.29, 1.82) is 0 Å². The van der Waals surface area contributed by atoms with Gasteiger partial charge in [-0.15, -0.1) is 0 Å². The van der Waals surface area contributed by atoms with Gasteiger partial charge in [-0.05, 0) is 49.4 Å². The lowest BCUT2D eigenvalue weighted by molar-refractivity contribution is 0.102. The summed E-state index contributed by atoms with van der Waals surface area (Å²) in [7, 11) is 0. The van der Waals surface area contributed by atoms with Gasteiger partial charge in [-0.1, -0.05) is 0 Å². The smallest absolute Gasteiger partial charge is 0.255 e. The molecule has 0 bridgehead atoms. The molecular weight excluding hydrogens is 396 g/mol. The van der Waals surface area contributed by atoms with Crippen LogP contribution in [0.25, 0.3) is 5.82 Å². The van der Waals surface area contributed by atoms with Gasteiger partial charge in [0.25, 0.3) is 5.91 Å². The molecule has 2 aromatic heterocycles. The quantitative estimate of drug-likeness (QED) is 0.513. The van der Waals surface area contributed by atoms with Crippen molar-refractivity contribution >= 4 is 23.1 Å². The van der Waals surface area contributed by atoms with E-state index in [-0.39, 0.29) is 12.7 Å². The number of hydrogen-bond acceptors (Lipinski definition) is 7. The third-order valence-electron chi connectivity index (χ3n) is 4.78. The highest BCUT2D eigenvalue weighted by Crippen LogP contribution is 2.32. The van der Waals surface area contributed by atoms with Gasteiger partial charge in [-0.2, -0.15) is 0 Å². The number of hydrogen-bond donors (Lipinski definition) is 2. The monoisotopic (exact) mass is 414 g/mol. The lowest BCUT2D eigenvalue weighted by Crippen LogP contribution is -2.11. The number of carbonyl (C=O) groups is 1. The van der Waals surface area contributed by atoms with Crippen molar-refractivity contribution < 1.29 is 14.3 Å². The molecule has 31 heavy (non-hydrogen) atoms. The minimum atomic E-state index is -0.227. The second-order valence-corrected chi connectivity index (χ2v) is 6.83. The van der Waals surface area contributed by atoms with Gasteiger partial charge in [0.2, 0.25) is 6.79 Å². The van der Waals surface area contributed by atoms with Crippen molar-refractivity contribution in [3.05, 3.63) is 78.6 Å². The van der Waals surface area contributed by atoms with Gasteiger partial charge >= 0.3 is 0 Å². The Balaban J connectivity index is 1.26. The molecule has 1 aliphatic heterocycles. The van der Waals surface area contributed by atoms with E-state index in [2.05, 4.69) is 25.6 Å². The van der Waals surface area contributed by atoms with Gasteiger partial charge in [-0.25, -0.2) is 15.0 Å². The number of amides is 1. The Morgan fingerprint density at radius 3 is 2.58 bits per heavy atom. The van der Waals surface area contributed by atoms with Crippen LogP contribution in [0.3, 0.4) is 0 Å². The van der Waals surface area contributed by atoms with Gasteiger partial charge in [0.15, 0.2) is 11.5 Å². The lowest BCUT2D eigenvalue weighted by Gasteiger charge is -2.10. The summed E-state index contributed by atoms with van der Waals surface area (Å²) in [4.78, 5) is 25.3. The van der Waals surface area contributed by atoms with E-state index in [1.54, 1.807) is 24.4 Å². The zero-order valence-electron chi connectivity index (χ0n) is 16.6.